The van der Waals surface area contributed by atoms with Crippen LogP contribution in [0.25, 0.3) is 0 Å². The van der Waals surface area contributed by atoms with E-state index in [2.05, 4.69) is 20.8 Å². The first kappa shape index (κ1) is 12.0. The second-order valence-corrected chi connectivity index (χ2v) is 7.65. The van der Waals surface area contributed by atoms with E-state index < -0.39 is 0 Å². The van der Waals surface area contributed by atoms with Gasteiger partial charge < -0.3 is 5.11 Å². The van der Waals surface area contributed by atoms with E-state index in [-0.39, 0.29) is 6.10 Å². The van der Waals surface area contributed by atoms with Crippen LogP contribution >= 0.6 is 0 Å². The predicted molar refractivity (Wildman–Crippen MR) is 70.6 cm³/mol. The van der Waals surface area contributed by atoms with Gasteiger partial charge in [-0.25, -0.2) is 0 Å². The zero-order valence-corrected chi connectivity index (χ0v) is 11.7. The van der Waals surface area contributed by atoms with Gasteiger partial charge in [0.1, 0.15) is 0 Å². The fourth-order valence-corrected chi connectivity index (χ4v) is 5.29. The van der Waals surface area contributed by atoms with E-state index in [4.69, 9.17) is 0 Å². The molecule has 2 bridgehead atoms. The molecule has 0 spiro atoms. The third kappa shape index (κ3) is 1.69. The van der Waals surface area contributed by atoms with Crippen molar-refractivity contribution in [3.05, 3.63) is 0 Å². The van der Waals surface area contributed by atoms with Crippen molar-refractivity contribution in [2.45, 2.75) is 65.4 Å². The molecule has 0 amide bonds. The molecule has 17 heavy (non-hydrogen) atoms. The highest BCUT2D eigenvalue weighted by atomic mass is 16.3. The van der Waals surface area contributed by atoms with Gasteiger partial charge in [-0.1, -0.05) is 33.6 Å². The van der Waals surface area contributed by atoms with Gasteiger partial charge in [0.2, 0.25) is 0 Å². The molecular weight excluding hydrogens is 208 g/mol. The van der Waals surface area contributed by atoms with Gasteiger partial charge in [0.25, 0.3) is 0 Å². The molecule has 1 heteroatoms. The molecule has 4 rings (SSSR count). The Balaban J connectivity index is 1.69. The van der Waals surface area contributed by atoms with Crippen molar-refractivity contribution in [1.82, 2.24) is 0 Å². The number of aliphatic hydroxyl groups is 1. The topological polar surface area (TPSA) is 20.2 Å². The van der Waals surface area contributed by atoms with Crippen molar-refractivity contribution < 1.29 is 5.11 Å². The first-order chi connectivity index (χ1) is 8.01. The maximum Gasteiger partial charge on any atom is 0.0599 e. The van der Waals surface area contributed by atoms with Gasteiger partial charge >= 0.3 is 0 Å². The molecule has 0 aromatic rings. The molecule has 1 N–H and O–H groups in total. The van der Waals surface area contributed by atoms with Crippen molar-refractivity contribution in [2.75, 3.05) is 0 Å². The maximum absolute atomic E-state index is 10.7. The molecule has 1 nitrogen and oxygen atoms in total. The summed E-state index contributed by atoms with van der Waals surface area (Å²) in [5.74, 6) is 3.75. The molecule has 0 radical (unpaired) electrons. The number of aliphatic hydroxyl groups excluding tert-OH is 1. The molecule has 0 saturated heterocycles. The summed E-state index contributed by atoms with van der Waals surface area (Å²) < 4.78 is 0. The van der Waals surface area contributed by atoms with Crippen molar-refractivity contribution in [3.63, 3.8) is 0 Å². The molecular formula is C16H28O. The third-order valence-electron chi connectivity index (χ3n) is 6.73. The summed E-state index contributed by atoms with van der Waals surface area (Å²) in [7, 11) is 0. The summed E-state index contributed by atoms with van der Waals surface area (Å²) in [6.07, 6.45) is 7.99. The van der Waals surface area contributed by atoms with E-state index in [0.29, 0.717) is 17.3 Å². The number of hydrogen-bond acceptors (Lipinski definition) is 1. The van der Waals surface area contributed by atoms with Crippen LogP contribution in [-0.4, -0.2) is 11.2 Å². The van der Waals surface area contributed by atoms with Crippen LogP contribution in [0.15, 0.2) is 0 Å². The number of rotatable bonds is 2. The Bertz CT molecular complexity index is 286. The van der Waals surface area contributed by atoms with Gasteiger partial charge in [-0.3, -0.25) is 0 Å². The second-order valence-electron chi connectivity index (χ2n) is 7.65. The average molecular weight is 236 g/mol. The van der Waals surface area contributed by atoms with Gasteiger partial charge in [0.15, 0.2) is 0 Å². The van der Waals surface area contributed by atoms with E-state index in [0.717, 1.165) is 17.8 Å². The van der Waals surface area contributed by atoms with E-state index in [1.54, 1.807) is 0 Å². The summed E-state index contributed by atoms with van der Waals surface area (Å²) in [4.78, 5) is 0. The Morgan fingerprint density at radius 3 is 2.29 bits per heavy atom. The normalized spacial score (nSPS) is 46.6. The van der Waals surface area contributed by atoms with E-state index in [1.807, 2.05) is 0 Å². The zero-order chi connectivity index (χ0) is 12.2. The summed E-state index contributed by atoms with van der Waals surface area (Å²) in [5, 5.41) is 10.7. The fraction of sp³-hybridized carbons (Fsp3) is 1.00. The molecule has 0 aromatic carbocycles. The van der Waals surface area contributed by atoms with Crippen LogP contribution < -0.4 is 0 Å². The predicted octanol–water partition coefficient (Wildman–Crippen LogP) is 3.86. The Hall–Kier alpha value is -0.0400. The first-order valence-corrected chi connectivity index (χ1v) is 7.70. The summed E-state index contributed by atoms with van der Waals surface area (Å²) in [5.41, 5.74) is 0.561. The molecule has 4 saturated carbocycles. The Kier molecular flexibility index (Phi) is 2.81. The van der Waals surface area contributed by atoms with Crippen molar-refractivity contribution >= 4 is 0 Å². The van der Waals surface area contributed by atoms with Crippen LogP contribution in [0.1, 0.15) is 59.3 Å². The largest absolute Gasteiger partial charge is 0.393 e. The minimum atomic E-state index is 0.00824. The van der Waals surface area contributed by atoms with Crippen LogP contribution in [0, 0.1) is 35.0 Å². The van der Waals surface area contributed by atoms with Gasteiger partial charge in [0, 0.05) is 0 Å². The zero-order valence-electron chi connectivity index (χ0n) is 11.7. The molecule has 0 aromatic heterocycles. The standard InChI is InChI=1S/C16H28O/c1-10-13(15(17)11-6-4-5-7-11)8-12-9-14(10)16(12,2)3/h10-15,17H,4-9H2,1-3H3/t10-,12+,13+,14+,15?/m0/s1. The second kappa shape index (κ2) is 3.98. The molecule has 4 aliphatic carbocycles. The lowest BCUT2D eigenvalue weighted by Gasteiger charge is -2.63. The Labute approximate surface area is 106 Å². The lowest BCUT2D eigenvalue weighted by atomic mass is 9.42. The monoisotopic (exact) mass is 236 g/mol. The molecule has 0 heterocycles. The van der Waals surface area contributed by atoms with Gasteiger partial charge in [-0.15, -0.1) is 0 Å². The van der Waals surface area contributed by atoms with Crippen molar-refractivity contribution in [1.29, 1.82) is 0 Å². The number of hydrogen-bond donors (Lipinski definition) is 1. The van der Waals surface area contributed by atoms with Crippen LogP contribution in [0.2, 0.25) is 0 Å². The lowest BCUT2D eigenvalue weighted by Crippen LogP contribution is -2.57. The minimum absolute atomic E-state index is 0.00824. The molecule has 4 aliphatic rings. The third-order valence-corrected chi connectivity index (χ3v) is 6.73. The van der Waals surface area contributed by atoms with Crippen LogP contribution in [0.5, 0.6) is 0 Å². The van der Waals surface area contributed by atoms with Crippen LogP contribution in [0.3, 0.4) is 0 Å². The van der Waals surface area contributed by atoms with Crippen LogP contribution in [-0.2, 0) is 0 Å². The maximum atomic E-state index is 10.7. The van der Waals surface area contributed by atoms with Crippen molar-refractivity contribution in [3.8, 4) is 0 Å². The van der Waals surface area contributed by atoms with E-state index in [9.17, 15) is 5.11 Å². The smallest absolute Gasteiger partial charge is 0.0599 e. The van der Waals surface area contributed by atoms with Gasteiger partial charge in [-0.2, -0.15) is 0 Å². The summed E-state index contributed by atoms with van der Waals surface area (Å²) >= 11 is 0. The molecule has 4 fully saturated rings. The van der Waals surface area contributed by atoms with Crippen LogP contribution in [0.4, 0.5) is 0 Å². The van der Waals surface area contributed by atoms with Crippen molar-refractivity contribution in [2.24, 2.45) is 35.0 Å². The fourth-order valence-electron chi connectivity index (χ4n) is 5.29. The SMILES string of the molecule is C[C@@H]1[C@H]2C[C@@H](C[C@H]1C(O)C1CCCC1)C2(C)C. The highest BCUT2D eigenvalue weighted by molar-refractivity contribution is 5.06. The minimum Gasteiger partial charge on any atom is -0.393 e. The highest BCUT2D eigenvalue weighted by Crippen LogP contribution is 2.63. The van der Waals surface area contributed by atoms with E-state index in [1.165, 1.54) is 38.5 Å². The molecule has 1 unspecified atom stereocenters. The van der Waals surface area contributed by atoms with Gasteiger partial charge in [0.05, 0.1) is 6.10 Å². The molecule has 98 valence electrons. The quantitative estimate of drug-likeness (QED) is 0.772. The molecule has 0 aliphatic heterocycles. The van der Waals surface area contributed by atoms with Gasteiger partial charge in [-0.05, 0) is 60.7 Å². The first-order valence-electron chi connectivity index (χ1n) is 7.70. The average Bonchev–Trinajstić information content (AvgIpc) is 2.81. The number of fused-ring (bicyclic) bond motifs is 2. The Morgan fingerprint density at radius 1 is 1.12 bits per heavy atom. The molecule has 5 atom stereocenters. The lowest BCUT2D eigenvalue weighted by molar-refractivity contribution is -0.159. The summed E-state index contributed by atoms with van der Waals surface area (Å²) in [6, 6.07) is 0. The summed E-state index contributed by atoms with van der Waals surface area (Å²) in [6.45, 7) is 7.30. The Morgan fingerprint density at radius 2 is 1.76 bits per heavy atom. The van der Waals surface area contributed by atoms with E-state index >= 15 is 0 Å². The highest BCUT2D eigenvalue weighted by Gasteiger charge is 2.57.